The van der Waals surface area contributed by atoms with Crippen LogP contribution in [0.15, 0.2) is 6.07 Å². The summed E-state index contributed by atoms with van der Waals surface area (Å²) in [4.78, 5) is 22.7. The van der Waals surface area contributed by atoms with Crippen LogP contribution in [0.1, 0.15) is 37.0 Å². The number of anilines is 1. The molecule has 1 aromatic rings. The molecule has 1 rings (SSSR count). The van der Waals surface area contributed by atoms with Crippen molar-refractivity contribution >= 4 is 11.9 Å². The summed E-state index contributed by atoms with van der Waals surface area (Å²) >= 11 is 0. The van der Waals surface area contributed by atoms with Gasteiger partial charge in [-0.3, -0.25) is 4.79 Å². The highest BCUT2D eigenvalue weighted by Gasteiger charge is 2.17. The molecule has 2 N–H and O–H groups in total. The number of aryl methyl sites for hydroxylation is 1. The van der Waals surface area contributed by atoms with Gasteiger partial charge in [0.2, 0.25) is 5.95 Å². The molecule has 112 valence electrons. The van der Waals surface area contributed by atoms with Crippen LogP contribution in [-0.2, 0) is 0 Å². The van der Waals surface area contributed by atoms with Crippen LogP contribution in [-0.4, -0.2) is 53.5 Å². The Morgan fingerprint density at radius 1 is 1.30 bits per heavy atom. The molecular formula is C14H25N5O. The second kappa shape index (κ2) is 6.65. The molecule has 0 unspecified atom stereocenters. The van der Waals surface area contributed by atoms with Crippen molar-refractivity contribution < 1.29 is 4.79 Å². The monoisotopic (exact) mass is 279 g/mol. The van der Waals surface area contributed by atoms with E-state index in [2.05, 4.69) is 25.5 Å². The Kier molecular flexibility index (Phi) is 5.44. The summed E-state index contributed by atoms with van der Waals surface area (Å²) in [6, 6.07) is 1.69. The number of nitrogens with zero attached hydrogens (tertiary/aromatic N) is 3. The summed E-state index contributed by atoms with van der Waals surface area (Å²) in [6.45, 7) is 9.28. The van der Waals surface area contributed by atoms with E-state index in [1.54, 1.807) is 6.07 Å². The van der Waals surface area contributed by atoms with Gasteiger partial charge in [0.1, 0.15) is 5.69 Å². The molecule has 0 radical (unpaired) electrons. The highest BCUT2D eigenvalue weighted by Crippen LogP contribution is 2.07. The maximum atomic E-state index is 12.1. The van der Waals surface area contributed by atoms with E-state index in [1.807, 2.05) is 41.8 Å². The van der Waals surface area contributed by atoms with Crippen molar-refractivity contribution in [1.82, 2.24) is 20.2 Å². The lowest BCUT2D eigenvalue weighted by Crippen LogP contribution is -2.41. The van der Waals surface area contributed by atoms with E-state index in [0.717, 1.165) is 18.8 Å². The molecule has 0 spiro atoms. The van der Waals surface area contributed by atoms with Gasteiger partial charge in [0.15, 0.2) is 0 Å². The Morgan fingerprint density at radius 3 is 2.50 bits per heavy atom. The number of carbonyl (C=O) groups is 1. The van der Waals surface area contributed by atoms with Gasteiger partial charge in [0, 0.05) is 24.3 Å². The van der Waals surface area contributed by atoms with Crippen molar-refractivity contribution in [3.05, 3.63) is 17.5 Å². The Bertz CT molecular complexity index is 465. The van der Waals surface area contributed by atoms with Gasteiger partial charge in [-0.25, -0.2) is 9.97 Å². The van der Waals surface area contributed by atoms with E-state index >= 15 is 0 Å². The Morgan fingerprint density at radius 2 is 1.95 bits per heavy atom. The van der Waals surface area contributed by atoms with Gasteiger partial charge in [-0.1, -0.05) is 0 Å². The van der Waals surface area contributed by atoms with E-state index in [1.165, 1.54) is 0 Å². The number of hydrogen-bond donors (Lipinski definition) is 2. The van der Waals surface area contributed by atoms with Crippen molar-refractivity contribution in [1.29, 1.82) is 0 Å². The first-order chi connectivity index (χ1) is 9.17. The average Bonchev–Trinajstić information content (AvgIpc) is 2.25. The van der Waals surface area contributed by atoms with E-state index in [9.17, 15) is 4.79 Å². The van der Waals surface area contributed by atoms with Crippen LogP contribution < -0.4 is 10.6 Å². The topological polar surface area (TPSA) is 70.2 Å². The van der Waals surface area contributed by atoms with Gasteiger partial charge in [-0.05, 0) is 47.9 Å². The van der Waals surface area contributed by atoms with Gasteiger partial charge in [-0.15, -0.1) is 0 Å². The summed E-state index contributed by atoms with van der Waals surface area (Å²) in [6.07, 6.45) is 0. The van der Waals surface area contributed by atoms with Crippen LogP contribution >= 0.6 is 0 Å². The quantitative estimate of drug-likeness (QED) is 0.850. The number of rotatable bonds is 5. The Labute approximate surface area is 121 Å². The fourth-order valence-electron chi connectivity index (χ4n) is 1.56. The number of amides is 1. The minimum absolute atomic E-state index is 0.182. The van der Waals surface area contributed by atoms with Crippen molar-refractivity contribution in [3.63, 3.8) is 0 Å². The zero-order valence-electron chi connectivity index (χ0n) is 13.2. The molecule has 0 saturated carbocycles. The molecule has 20 heavy (non-hydrogen) atoms. The Balaban J connectivity index is 2.78. The number of aromatic nitrogens is 2. The number of carbonyl (C=O) groups excluding carboxylic acids is 1. The van der Waals surface area contributed by atoms with Gasteiger partial charge in [0.25, 0.3) is 5.91 Å². The predicted molar refractivity (Wildman–Crippen MR) is 81.0 cm³/mol. The molecule has 0 atom stereocenters. The first-order valence-electron chi connectivity index (χ1n) is 6.74. The van der Waals surface area contributed by atoms with E-state index in [-0.39, 0.29) is 11.4 Å². The normalized spacial score (nSPS) is 11.6. The molecule has 0 saturated heterocycles. The molecule has 0 aromatic carbocycles. The van der Waals surface area contributed by atoms with Crippen LogP contribution in [0.25, 0.3) is 0 Å². The van der Waals surface area contributed by atoms with Crippen LogP contribution in [0.5, 0.6) is 0 Å². The minimum Gasteiger partial charge on any atom is -0.353 e. The Hall–Kier alpha value is -1.69. The van der Waals surface area contributed by atoms with Crippen LogP contribution in [0.3, 0.4) is 0 Å². The summed E-state index contributed by atoms with van der Waals surface area (Å²) in [5.41, 5.74) is 0.875. The molecule has 1 heterocycles. The SMILES string of the molecule is Cc1cc(C(=O)NC(C)(C)C)nc(NCCN(C)C)n1. The van der Waals surface area contributed by atoms with Crippen LogP contribution in [0.4, 0.5) is 5.95 Å². The van der Waals surface area contributed by atoms with E-state index < -0.39 is 0 Å². The van der Waals surface area contributed by atoms with Gasteiger partial charge >= 0.3 is 0 Å². The highest BCUT2D eigenvalue weighted by atomic mass is 16.2. The lowest BCUT2D eigenvalue weighted by molar-refractivity contribution is 0.0914. The zero-order chi connectivity index (χ0) is 15.3. The van der Waals surface area contributed by atoms with Crippen LogP contribution in [0.2, 0.25) is 0 Å². The van der Waals surface area contributed by atoms with Crippen molar-refractivity contribution in [2.45, 2.75) is 33.2 Å². The minimum atomic E-state index is -0.283. The largest absolute Gasteiger partial charge is 0.353 e. The summed E-state index contributed by atoms with van der Waals surface area (Å²) in [5, 5.41) is 6.03. The van der Waals surface area contributed by atoms with Crippen LogP contribution in [0, 0.1) is 6.92 Å². The maximum Gasteiger partial charge on any atom is 0.270 e. The molecule has 1 aromatic heterocycles. The summed E-state index contributed by atoms with van der Waals surface area (Å²) < 4.78 is 0. The molecule has 0 aliphatic rings. The van der Waals surface area contributed by atoms with E-state index in [4.69, 9.17) is 0 Å². The van der Waals surface area contributed by atoms with Crippen molar-refractivity contribution in [2.75, 3.05) is 32.5 Å². The smallest absolute Gasteiger partial charge is 0.270 e. The van der Waals surface area contributed by atoms with E-state index in [0.29, 0.717) is 11.6 Å². The van der Waals surface area contributed by atoms with Crippen molar-refractivity contribution in [2.24, 2.45) is 0 Å². The molecule has 0 aliphatic heterocycles. The first-order valence-corrected chi connectivity index (χ1v) is 6.74. The third kappa shape index (κ3) is 5.97. The maximum absolute atomic E-state index is 12.1. The second-order valence-corrected chi connectivity index (χ2v) is 6.15. The second-order valence-electron chi connectivity index (χ2n) is 6.15. The number of likely N-dealkylation sites (N-methyl/N-ethyl adjacent to an activating group) is 1. The summed E-state index contributed by atoms with van der Waals surface area (Å²) in [5.74, 6) is 0.310. The highest BCUT2D eigenvalue weighted by molar-refractivity contribution is 5.93. The lowest BCUT2D eigenvalue weighted by Gasteiger charge is -2.20. The van der Waals surface area contributed by atoms with Gasteiger partial charge in [-0.2, -0.15) is 0 Å². The van der Waals surface area contributed by atoms with Gasteiger partial charge in [0.05, 0.1) is 0 Å². The standard InChI is InChI=1S/C14H25N5O/c1-10-9-11(12(20)18-14(2,3)4)17-13(16-10)15-7-8-19(5)6/h9H,7-8H2,1-6H3,(H,18,20)(H,15,16,17). The third-order valence-corrected chi connectivity index (χ3v) is 2.42. The molecule has 6 heteroatoms. The number of nitrogens with one attached hydrogen (secondary N) is 2. The zero-order valence-corrected chi connectivity index (χ0v) is 13.2. The summed E-state index contributed by atoms with van der Waals surface area (Å²) in [7, 11) is 4.00. The third-order valence-electron chi connectivity index (χ3n) is 2.42. The molecule has 1 amide bonds. The van der Waals surface area contributed by atoms with Gasteiger partial charge < -0.3 is 15.5 Å². The molecular weight excluding hydrogens is 254 g/mol. The molecule has 0 aliphatic carbocycles. The van der Waals surface area contributed by atoms with Crippen molar-refractivity contribution in [3.8, 4) is 0 Å². The number of hydrogen-bond acceptors (Lipinski definition) is 5. The molecule has 0 bridgehead atoms. The molecule has 0 fully saturated rings. The fraction of sp³-hybridized carbons (Fsp3) is 0.643. The first kappa shape index (κ1) is 16.4. The average molecular weight is 279 g/mol. The molecule has 6 nitrogen and oxygen atoms in total. The lowest BCUT2D eigenvalue weighted by atomic mass is 10.1. The predicted octanol–water partition coefficient (Wildman–Crippen LogP) is 1.29. The fourth-order valence-corrected chi connectivity index (χ4v) is 1.56.